The Kier molecular flexibility index (Phi) is 1.56. The highest BCUT2D eigenvalue weighted by atomic mass is 16.3. The summed E-state index contributed by atoms with van der Waals surface area (Å²) in [7, 11) is 0. The van der Waals surface area contributed by atoms with Gasteiger partial charge in [-0.15, -0.1) is 0 Å². The second kappa shape index (κ2) is 2.59. The molecule has 0 aromatic heterocycles. The number of aliphatic hydroxyl groups is 2. The minimum Gasteiger partial charge on any atom is -0.390 e. The van der Waals surface area contributed by atoms with Crippen molar-refractivity contribution in [2.24, 2.45) is 0 Å². The molecule has 3 rings (SSSR count). The molecule has 2 bridgehead atoms. The van der Waals surface area contributed by atoms with Gasteiger partial charge in [0.1, 0.15) is 0 Å². The lowest BCUT2D eigenvalue weighted by molar-refractivity contribution is 0.0215. The first-order valence-electron chi connectivity index (χ1n) is 5.15. The third-order valence-electron chi connectivity index (χ3n) is 3.81. The molecule has 4 atom stereocenters. The van der Waals surface area contributed by atoms with Crippen LogP contribution in [0.1, 0.15) is 34.9 Å². The summed E-state index contributed by atoms with van der Waals surface area (Å²) in [5.74, 6) is 0.344. The van der Waals surface area contributed by atoms with Crippen molar-refractivity contribution < 1.29 is 10.2 Å². The smallest absolute Gasteiger partial charge is 0.0873 e. The topological polar surface area (TPSA) is 40.5 Å². The van der Waals surface area contributed by atoms with E-state index in [1.807, 2.05) is 6.07 Å². The van der Waals surface area contributed by atoms with E-state index in [0.29, 0.717) is 0 Å². The fraction of sp³-hybridized carbons (Fsp3) is 0.500. The molecule has 2 heteroatoms. The Balaban J connectivity index is 2.20. The molecule has 14 heavy (non-hydrogen) atoms. The molecule has 1 fully saturated rings. The van der Waals surface area contributed by atoms with Crippen LogP contribution >= 0.6 is 0 Å². The summed E-state index contributed by atoms with van der Waals surface area (Å²) >= 11 is 0. The first-order valence-corrected chi connectivity index (χ1v) is 5.15. The fourth-order valence-corrected chi connectivity index (χ4v) is 3.16. The van der Waals surface area contributed by atoms with Crippen molar-refractivity contribution >= 4 is 0 Å². The summed E-state index contributed by atoms with van der Waals surface area (Å²) in [5.41, 5.74) is 3.80. The predicted octanol–water partition coefficient (Wildman–Crippen LogP) is 1.30. The predicted molar refractivity (Wildman–Crippen MR) is 53.3 cm³/mol. The van der Waals surface area contributed by atoms with Crippen molar-refractivity contribution in [1.29, 1.82) is 0 Å². The van der Waals surface area contributed by atoms with Crippen molar-refractivity contribution in [2.75, 3.05) is 0 Å². The van der Waals surface area contributed by atoms with Gasteiger partial charge in [-0.3, -0.25) is 0 Å². The van der Waals surface area contributed by atoms with Crippen LogP contribution in [0.2, 0.25) is 0 Å². The molecule has 0 saturated heterocycles. The minimum absolute atomic E-state index is 0.171. The van der Waals surface area contributed by atoms with Crippen LogP contribution in [0.5, 0.6) is 0 Å². The van der Waals surface area contributed by atoms with E-state index >= 15 is 0 Å². The van der Waals surface area contributed by atoms with Gasteiger partial charge < -0.3 is 10.2 Å². The van der Waals surface area contributed by atoms with Gasteiger partial charge in [0, 0.05) is 11.8 Å². The maximum atomic E-state index is 9.81. The van der Waals surface area contributed by atoms with E-state index in [9.17, 15) is 10.2 Å². The monoisotopic (exact) mass is 190 g/mol. The summed E-state index contributed by atoms with van der Waals surface area (Å²) in [6.07, 6.45) is -0.175. The fourth-order valence-electron chi connectivity index (χ4n) is 3.16. The third kappa shape index (κ3) is 0.830. The van der Waals surface area contributed by atoms with Gasteiger partial charge in [-0.25, -0.2) is 0 Å². The van der Waals surface area contributed by atoms with Gasteiger partial charge in [0.05, 0.1) is 12.2 Å². The van der Waals surface area contributed by atoms with E-state index in [4.69, 9.17) is 0 Å². The van der Waals surface area contributed by atoms with Gasteiger partial charge >= 0.3 is 0 Å². The Hall–Kier alpha value is -0.860. The average molecular weight is 190 g/mol. The molecular weight excluding hydrogens is 176 g/mol. The normalized spacial score (nSPS) is 38.8. The van der Waals surface area contributed by atoms with Crippen molar-refractivity contribution in [2.45, 2.75) is 37.4 Å². The van der Waals surface area contributed by atoms with Crippen LogP contribution in [0.3, 0.4) is 0 Å². The van der Waals surface area contributed by atoms with E-state index < -0.39 is 12.2 Å². The van der Waals surface area contributed by atoms with E-state index in [0.717, 1.165) is 6.42 Å². The van der Waals surface area contributed by atoms with Crippen LogP contribution in [-0.2, 0) is 0 Å². The molecule has 4 unspecified atom stereocenters. The zero-order chi connectivity index (χ0) is 9.87. The van der Waals surface area contributed by atoms with Gasteiger partial charge in [0.15, 0.2) is 0 Å². The van der Waals surface area contributed by atoms with Crippen LogP contribution in [0.25, 0.3) is 0 Å². The van der Waals surface area contributed by atoms with Gasteiger partial charge in [0.2, 0.25) is 0 Å². The van der Waals surface area contributed by atoms with Gasteiger partial charge in [-0.05, 0) is 30.0 Å². The first kappa shape index (κ1) is 8.45. The number of benzene rings is 1. The zero-order valence-electron chi connectivity index (χ0n) is 8.14. The average Bonchev–Trinajstić information content (AvgIpc) is 2.67. The summed E-state index contributed by atoms with van der Waals surface area (Å²) < 4.78 is 0. The van der Waals surface area contributed by atoms with E-state index in [1.165, 1.54) is 16.7 Å². The van der Waals surface area contributed by atoms with Gasteiger partial charge in [0.25, 0.3) is 0 Å². The molecule has 1 aromatic carbocycles. The van der Waals surface area contributed by atoms with Crippen LogP contribution in [0.4, 0.5) is 0 Å². The van der Waals surface area contributed by atoms with Crippen molar-refractivity contribution in [1.82, 2.24) is 0 Å². The molecule has 0 aliphatic heterocycles. The molecule has 0 spiro atoms. The largest absolute Gasteiger partial charge is 0.390 e. The molecule has 2 N–H and O–H groups in total. The number of aryl methyl sites for hydroxylation is 1. The summed E-state index contributed by atoms with van der Waals surface area (Å²) in [6.45, 7) is 2.08. The maximum Gasteiger partial charge on any atom is 0.0873 e. The summed E-state index contributed by atoms with van der Waals surface area (Å²) in [4.78, 5) is 0. The quantitative estimate of drug-likeness (QED) is 0.647. The Morgan fingerprint density at radius 3 is 2.64 bits per heavy atom. The molecule has 1 saturated carbocycles. The Morgan fingerprint density at radius 1 is 1.14 bits per heavy atom. The molecule has 1 aromatic rings. The molecular formula is C12H14O2. The summed E-state index contributed by atoms with van der Waals surface area (Å²) in [6, 6.07) is 6.20. The second-order valence-electron chi connectivity index (χ2n) is 4.51. The molecule has 0 radical (unpaired) electrons. The Morgan fingerprint density at radius 2 is 1.86 bits per heavy atom. The standard InChI is InChI=1S/C12H14O2/c1-6-3-2-4-7-8-5-9(10(6)7)12(14)11(8)13/h2-4,8-9,11-14H,5H2,1H3. The third-order valence-corrected chi connectivity index (χ3v) is 3.81. The Labute approximate surface area is 83.2 Å². The molecule has 74 valence electrons. The summed E-state index contributed by atoms with van der Waals surface area (Å²) in [5, 5.41) is 19.6. The SMILES string of the molecule is Cc1cccc2c1C1CC2C(O)C1O. The Bertz CT molecular complexity index is 386. The van der Waals surface area contributed by atoms with Crippen LogP contribution in [-0.4, -0.2) is 22.4 Å². The highest BCUT2D eigenvalue weighted by Crippen LogP contribution is 2.53. The minimum atomic E-state index is -0.548. The lowest BCUT2D eigenvalue weighted by atomic mass is 9.85. The van der Waals surface area contributed by atoms with Crippen molar-refractivity contribution in [3.05, 3.63) is 34.9 Å². The molecule has 0 amide bonds. The maximum absolute atomic E-state index is 9.81. The number of rotatable bonds is 0. The molecule has 0 heterocycles. The lowest BCUT2D eigenvalue weighted by Gasteiger charge is -2.26. The van der Waals surface area contributed by atoms with Gasteiger partial charge in [-0.2, -0.15) is 0 Å². The molecule has 2 aliphatic carbocycles. The van der Waals surface area contributed by atoms with Crippen LogP contribution in [0.15, 0.2) is 18.2 Å². The number of aliphatic hydroxyl groups excluding tert-OH is 2. The van der Waals surface area contributed by atoms with E-state index in [2.05, 4.69) is 19.1 Å². The number of fused-ring (bicyclic) bond motifs is 5. The number of hydrogen-bond acceptors (Lipinski definition) is 2. The molecule has 2 aliphatic rings. The van der Waals surface area contributed by atoms with Crippen molar-refractivity contribution in [3.63, 3.8) is 0 Å². The van der Waals surface area contributed by atoms with Crippen LogP contribution in [0, 0.1) is 6.92 Å². The lowest BCUT2D eigenvalue weighted by Crippen LogP contribution is -2.31. The van der Waals surface area contributed by atoms with E-state index in [-0.39, 0.29) is 11.8 Å². The van der Waals surface area contributed by atoms with Crippen LogP contribution < -0.4 is 0 Å². The number of hydrogen-bond donors (Lipinski definition) is 2. The van der Waals surface area contributed by atoms with Crippen molar-refractivity contribution in [3.8, 4) is 0 Å². The van der Waals surface area contributed by atoms with E-state index in [1.54, 1.807) is 0 Å². The zero-order valence-corrected chi connectivity index (χ0v) is 8.14. The highest BCUT2D eigenvalue weighted by molar-refractivity contribution is 5.48. The molecule has 2 nitrogen and oxygen atoms in total. The van der Waals surface area contributed by atoms with Gasteiger partial charge in [-0.1, -0.05) is 18.2 Å². The highest BCUT2D eigenvalue weighted by Gasteiger charge is 2.50. The second-order valence-corrected chi connectivity index (χ2v) is 4.51. The first-order chi connectivity index (χ1) is 6.70.